The maximum absolute atomic E-state index is 12.0. The molecule has 1 fully saturated rings. The third kappa shape index (κ3) is 3.29. The second-order valence-corrected chi connectivity index (χ2v) is 5.10. The van der Waals surface area contributed by atoms with Gasteiger partial charge in [-0.3, -0.25) is 9.48 Å². The Kier molecular flexibility index (Phi) is 4.30. The number of rotatable bonds is 4. The number of nitrogens with two attached hydrogens (primary N) is 1. The van der Waals surface area contributed by atoms with E-state index < -0.39 is 0 Å². The molecule has 1 heterocycles. The number of hydrogen-bond acceptors (Lipinski definition) is 4. The van der Waals surface area contributed by atoms with Gasteiger partial charge in [-0.2, -0.15) is 0 Å². The molecule has 1 aromatic rings. The van der Waals surface area contributed by atoms with Gasteiger partial charge in [0.05, 0.1) is 12.7 Å². The van der Waals surface area contributed by atoms with Crippen LogP contribution in [0.4, 0.5) is 0 Å². The van der Waals surface area contributed by atoms with E-state index in [4.69, 9.17) is 5.73 Å². The third-order valence-electron chi connectivity index (χ3n) is 3.40. The van der Waals surface area contributed by atoms with Crippen LogP contribution < -0.4 is 11.1 Å². The largest absolute Gasteiger partial charge is 0.348 e. The average Bonchev–Trinajstić information content (AvgIpc) is 2.78. The number of carbonyl (C=O) groups excluding carboxylic acids is 1. The summed E-state index contributed by atoms with van der Waals surface area (Å²) in [7, 11) is 0. The van der Waals surface area contributed by atoms with Crippen molar-refractivity contribution >= 4 is 5.91 Å². The van der Waals surface area contributed by atoms with Gasteiger partial charge in [-0.05, 0) is 18.8 Å². The van der Waals surface area contributed by atoms with Gasteiger partial charge < -0.3 is 11.1 Å². The molecule has 100 valence electrons. The molecule has 0 spiro atoms. The van der Waals surface area contributed by atoms with E-state index in [2.05, 4.69) is 22.6 Å². The van der Waals surface area contributed by atoms with Gasteiger partial charge in [-0.1, -0.05) is 25.0 Å². The number of amides is 1. The van der Waals surface area contributed by atoms with Crippen LogP contribution in [0.2, 0.25) is 0 Å². The Bertz CT molecular complexity index is 403. The number of nitrogens with zero attached hydrogens (tertiary/aromatic N) is 3. The molecule has 1 aliphatic rings. The Labute approximate surface area is 107 Å². The zero-order valence-electron chi connectivity index (χ0n) is 10.8. The van der Waals surface area contributed by atoms with Gasteiger partial charge in [-0.15, -0.1) is 5.10 Å². The molecule has 3 N–H and O–H groups in total. The molecule has 0 saturated heterocycles. The Morgan fingerprint density at radius 3 is 3.17 bits per heavy atom. The van der Waals surface area contributed by atoms with E-state index in [1.165, 1.54) is 12.8 Å². The minimum atomic E-state index is -0.127. The second-order valence-electron chi connectivity index (χ2n) is 5.10. The molecule has 2 unspecified atom stereocenters. The minimum Gasteiger partial charge on any atom is -0.348 e. The van der Waals surface area contributed by atoms with Gasteiger partial charge in [0.25, 0.3) is 5.91 Å². The molecule has 0 aliphatic heterocycles. The highest BCUT2D eigenvalue weighted by molar-refractivity contribution is 5.92. The van der Waals surface area contributed by atoms with Crippen molar-refractivity contribution in [3.8, 4) is 0 Å². The average molecular weight is 251 g/mol. The Morgan fingerprint density at radius 2 is 2.44 bits per heavy atom. The molecular formula is C12H21N5O. The standard InChI is InChI=1S/C12H21N5O/c1-9-3-2-4-10(7-9)14-12(18)11-8-17(6-5-13)16-15-11/h8-10H,2-7,13H2,1H3,(H,14,18). The molecule has 0 bridgehead atoms. The molecule has 6 heteroatoms. The summed E-state index contributed by atoms with van der Waals surface area (Å²) in [5.41, 5.74) is 5.80. The fourth-order valence-electron chi connectivity index (χ4n) is 2.47. The van der Waals surface area contributed by atoms with Crippen molar-refractivity contribution in [2.24, 2.45) is 11.7 Å². The monoisotopic (exact) mass is 251 g/mol. The summed E-state index contributed by atoms with van der Waals surface area (Å²) in [5.74, 6) is 0.564. The van der Waals surface area contributed by atoms with Crippen LogP contribution in [0.3, 0.4) is 0 Å². The number of nitrogens with one attached hydrogen (secondary N) is 1. The van der Waals surface area contributed by atoms with Gasteiger partial charge in [-0.25, -0.2) is 0 Å². The highest BCUT2D eigenvalue weighted by Gasteiger charge is 2.21. The third-order valence-corrected chi connectivity index (χ3v) is 3.40. The van der Waals surface area contributed by atoms with E-state index in [9.17, 15) is 4.79 Å². The number of hydrogen-bond donors (Lipinski definition) is 2. The Morgan fingerprint density at radius 1 is 1.61 bits per heavy atom. The second kappa shape index (κ2) is 5.95. The first-order chi connectivity index (χ1) is 8.69. The predicted molar refractivity (Wildman–Crippen MR) is 68.0 cm³/mol. The smallest absolute Gasteiger partial charge is 0.273 e. The molecule has 0 aromatic carbocycles. The van der Waals surface area contributed by atoms with Crippen LogP contribution in [0.5, 0.6) is 0 Å². The highest BCUT2D eigenvalue weighted by Crippen LogP contribution is 2.23. The Hall–Kier alpha value is -1.43. The van der Waals surface area contributed by atoms with E-state index in [1.807, 2.05) is 0 Å². The van der Waals surface area contributed by atoms with Crippen molar-refractivity contribution < 1.29 is 4.79 Å². The molecular weight excluding hydrogens is 230 g/mol. The molecule has 1 aromatic heterocycles. The summed E-state index contributed by atoms with van der Waals surface area (Å²) >= 11 is 0. The molecule has 6 nitrogen and oxygen atoms in total. The molecule has 18 heavy (non-hydrogen) atoms. The Balaban J connectivity index is 1.90. The zero-order chi connectivity index (χ0) is 13.0. The first-order valence-corrected chi connectivity index (χ1v) is 6.60. The van der Waals surface area contributed by atoms with Gasteiger partial charge >= 0.3 is 0 Å². The molecule has 1 amide bonds. The molecule has 1 aliphatic carbocycles. The topological polar surface area (TPSA) is 85.8 Å². The predicted octanol–water partition coefficient (Wildman–Crippen LogP) is 0.545. The van der Waals surface area contributed by atoms with E-state index in [0.29, 0.717) is 24.7 Å². The highest BCUT2D eigenvalue weighted by atomic mass is 16.2. The molecule has 2 rings (SSSR count). The zero-order valence-corrected chi connectivity index (χ0v) is 10.8. The van der Waals surface area contributed by atoms with E-state index in [0.717, 1.165) is 12.8 Å². The van der Waals surface area contributed by atoms with Crippen LogP contribution in [-0.2, 0) is 6.54 Å². The summed E-state index contributed by atoms with van der Waals surface area (Å²) in [6.07, 6.45) is 6.22. The lowest BCUT2D eigenvalue weighted by atomic mass is 9.87. The van der Waals surface area contributed by atoms with Crippen LogP contribution in [0.15, 0.2) is 6.20 Å². The van der Waals surface area contributed by atoms with E-state index in [-0.39, 0.29) is 11.9 Å². The maximum Gasteiger partial charge on any atom is 0.273 e. The van der Waals surface area contributed by atoms with Crippen LogP contribution in [0.1, 0.15) is 43.1 Å². The summed E-state index contributed by atoms with van der Waals surface area (Å²) < 4.78 is 1.60. The first kappa shape index (κ1) is 13.0. The first-order valence-electron chi connectivity index (χ1n) is 6.60. The number of carbonyl (C=O) groups is 1. The van der Waals surface area contributed by atoms with Gasteiger partial charge in [0.15, 0.2) is 5.69 Å². The normalized spacial score (nSPS) is 23.9. The fourth-order valence-corrected chi connectivity index (χ4v) is 2.47. The maximum atomic E-state index is 12.0. The summed E-state index contributed by atoms with van der Waals surface area (Å²) in [6.45, 7) is 3.31. The van der Waals surface area contributed by atoms with Crippen molar-refractivity contribution in [1.82, 2.24) is 20.3 Å². The summed E-state index contributed by atoms with van der Waals surface area (Å²) in [6, 6.07) is 0.279. The van der Waals surface area contributed by atoms with Crippen LogP contribution in [0.25, 0.3) is 0 Å². The van der Waals surface area contributed by atoms with Gasteiger partial charge in [0.2, 0.25) is 0 Å². The lowest BCUT2D eigenvalue weighted by Gasteiger charge is -2.27. The number of aromatic nitrogens is 3. The molecule has 0 radical (unpaired) electrons. The summed E-state index contributed by atoms with van der Waals surface area (Å²) in [5, 5.41) is 10.8. The van der Waals surface area contributed by atoms with Gasteiger partial charge in [0.1, 0.15) is 0 Å². The fraction of sp³-hybridized carbons (Fsp3) is 0.750. The van der Waals surface area contributed by atoms with Crippen LogP contribution in [-0.4, -0.2) is 33.5 Å². The van der Waals surface area contributed by atoms with Crippen LogP contribution >= 0.6 is 0 Å². The quantitative estimate of drug-likeness (QED) is 0.818. The minimum absolute atomic E-state index is 0.127. The van der Waals surface area contributed by atoms with Crippen molar-refractivity contribution in [2.45, 2.75) is 45.2 Å². The summed E-state index contributed by atoms with van der Waals surface area (Å²) in [4.78, 5) is 12.0. The lowest BCUT2D eigenvalue weighted by Crippen LogP contribution is -2.38. The van der Waals surface area contributed by atoms with Crippen molar-refractivity contribution in [3.63, 3.8) is 0 Å². The van der Waals surface area contributed by atoms with Crippen molar-refractivity contribution in [2.75, 3.05) is 6.54 Å². The van der Waals surface area contributed by atoms with E-state index >= 15 is 0 Å². The van der Waals surface area contributed by atoms with Crippen molar-refractivity contribution in [1.29, 1.82) is 0 Å². The van der Waals surface area contributed by atoms with E-state index in [1.54, 1.807) is 10.9 Å². The van der Waals surface area contributed by atoms with Gasteiger partial charge in [0, 0.05) is 12.6 Å². The molecule has 2 atom stereocenters. The SMILES string of the molecule is CC1CCCC(NC(=O)c2cn(CCN)nn2)C1. The molecule has 1 saturated carbocycles. The van der Waals surface area contributed by atoms with Crippen molar-refractivity contribution in [3.05, 3.63) is 11.9 Å². The lowest BCUT2D eigenvalue weighted by molar-refractivity contribution is 0.0916. The van der Waals surface area contributed by atoms with Crippen LogP contribution in [0, 0.1) is 5.92 Å².